The number of carbonyl (C=O) groups is 1. The number of nitrogens with zero attached hydrogens (tertiary/aromatic N) is 4. The topological polar surface area (TPSA) is 80.5 Å². The molecule has 1 aromatic carbocycles. The van der Waals surface area contributed by atoms with Crippen LogP contribution in [0.25, 0.3) is 0 Å². The second-order valence-corrected chi connectivity index (χ2v) is 6.82. The average molecular weight is 344 g/mol. The lowest BCUT2D eigenvalue weighted by atomic mass is 10.00. The molecule has 1 N–H and O–H groups in total. The predicted octanol–water partition coefficient (Wildman–Crippen LogP) is 1.74. The van der Waals surface area contributed by atoms with E-state index >= 15 is 0 Å². The van der Waals surface area contributed by atoms with Crippen molar-refractivity contribution >= 4 is 5.91 Å². The smallest absolute Gasteiger partial charge is 0.253 e. The molecule has 1 saturated heterocycles. The standard InChI is InChI=1S/C18H24N4O3/c1-13(2)22-10-16(19-20-22)18(24)7-8-21(12-18)17(23)15-6-4-5-14(9-15)11-25-3/h4-6,9-10,13,24H,7-8,11-12H2,1-3H3. The first kappa shape index (κ1) is 17.6. The van der Waals surface area contributed by atoms with Crippen LogP contribution >= 0.6 is 0 Å². The Balaban J connectivity index is 1.75. The third kappa shape index (κ3) is 3.57. The normalized spacial score (nSPS) is 20.4. The van der Waals surface area contributed by atoms with E-state index in [1.54, 1.807) is 29.0 Å². The fraction of sp³-hybridized carbons (Fsp3) is 0.500. The third-order valence-corrected chi connectivity index (χ3v) is 4.54. The highest BCUT2D eigenvalue weighted by atomic mass is 16.5. The molecule has 1 aromatic heterocycles. The first-order chi connectivity index (χ1) is 11.9. The number of hydrogen-bond acceptors (Lipinski definition) is 5. The summed E-state index contributed by atoms with van der Waals surface area (Å²) in [6.45, 7) is 5.17. The molecule has 7 heteroatoms. The SMILES string of the molecule is COCc1cccc(C(=O)N2CCC(O)(c3cn(C(C)C)nn3)C2)c1. The molecule has 1 unspecified atom stereocenters. The van der Waals surface area contributed by atoms with Gasteiger partial charge in [-0.15, -0.1) is 5.10 Å². The highest BCUT2D eigenvalue weighted by Gasteiger charge is 2.42. The molecule has 1 fully saturated rings. The molecule has 7 nitrogen and oxygen atoms in total. The van der Waals surface area contributed by atoms with Gasteiger partial charge in [0, 0.05) is 31.7 Å². The first-order valence-corrected chi connectivity index (χ1v) is 8.45. The Kier molecular flexibility index (Phi) is 4.87. The second-order valence-electron chi connectivity index (χ2n) is 6.82. The maximum absolute atomic E-state index is 12.8. The van der Waals surface area contributed by atoms with Crippen molar-refractivity contribution in [3.05, 3.63) is 47.3 Å². The van der Waals surface area contributed by atoms with Crippen LogP contribution in [-0.2, 0) is 16.9 Å². The first-order valence-electron chi connectivity index (χ1n) is 8.45. The molecule has 0 spiro atoms. The predicted molar refractivity (Wildman–Crippen MR) is 92.0 cm³/mol. The van der Waals surface area contributed by atoms with Crippen LogP contribution in [0, 0.1) is 0 Å². The Morgan fingerprint density at radius 2 is 2.24 bits per heavy atom. The average Bonchev–Trinajstić information content (AvgIpc) is 3.23. The largest absolute Gasteiger partial charge is 0.381 e. The molecule has 0 bridgehead atoms. The van der Waals surface area contributed by atoms with Crippen LogP contribution in [0.4, 0.5) is 0 Å². The monoisotopic (exact) mass is 344 g/mol. The van der Waals surface area contributed by atoms with E-state index in [0.717, 1.165) is 5.56 Å². The number of carbonyl (C=O) groups excluding carboxylic acids is 1. The van der Waals surface area contributed by atoms with E-state index in [-0.39, 0.29) is 18.5 Å². The van der Waals surface area contributed by atoms with Crippen molar-refractivity contribution in [2.24, 2.45) is 0 Å². The summed E-state index contributed by atoms with van der Waals surface area (Å²) in [4.78, 5) is 14.4. The van der Waals surface area contributed by atoms with Gasteiger partial charge in [-0.05, 0) is 31.5 Å². The van der Waals surface area contributed by atoms with Gasteiger partial charge >= 0.3 is 0 Å². The number of methoxy groups -OCH3 is 1. The Bertz CT molecular complexity index is 758. The van der Waals surface area contributed by atoms with Gasteiger partial charge in [-0.3, -0.25) is 4.79 Å². The summed E-state index contributed by atoms with van der Waals surface area (Å²) in [5, 5.41) is 19.1. The number of ether oxygens (including phenoxy) is 1. The molecule has 0 aliphatic carbocycles. The van der Waals surface area contributed by atoms with Crippen molar-refractivity contribution < 1.29 is 14.6 Å². The lowest BCUT2D eigenvalue weighted by Crippen LogP contribution is -2.34. The molecule has 3 rings (SSSR count). The van der Waals surface area contributed by atoms with E-state index in [1.807, 2.05) is 32.0 Å². The molecule has 2 aromatic rings. The van der Waals surface area contributed by atoms with E-state index in [2.05, 4.69) is 10.3 Å². The zero-order valence-corrected chi connectivity index (χ0v) is 14.8. The summed E-state index contributed by atoms with van der Waals surface area (Å²) in [5.41, 5.74) is 0.921. The van der Waals surface area contributed by atoms with Crippen molar-refractivity contribution in [2.75, 3.05) is 20.2 Å². The number of hydrogen-bond donors (Lipinski definition) is 1. The van der Waals surface area contributed by atoms with Crippen LogP contribution < -0.4 is 0 Å². The highest BCUT2D eigenvalue weighted by Crippen LogP contribution is 2.31. The number of benzene rings is 1. The van der Waals surface area contributed by atoms with Crippen LogP contribution in [0.15, 0.2) is 30.5 Å². The maximum Gasteiger partial charge on any atom is 0.253 e. The number of aromatic nitrogens is 3. The molecule has 1 amide bonds. The number of β-amino-alcohol motifs (C(OH)–C–C–N with tert-alkyl or cyclic N) is 1. The molecular weight excluding hydrogens is 320 g/mol. The van der Waals surface area contributed by atoms with Gasteiger partial charge in [0.2, 0.25) is 0 Å². The molecule has 1 aliphatic rings. The van der Waals surface area contributed by atoms with E-state index in [1.165, 1.54) is 0 Å². The Morgan fingerprint density at radius 1 is 1.44 bits per heavy atom. The van der Waals surface area contributed by atoms with E-state index in [4.69, 9.17) is 4.74 Å². The van der Waals surface area contributed by atoms with Crippen molar-refractivity contribution in [3.63, 3.8) is 0 Å². The summed E-state index contributed by atoms with van der Waals surface area (Å²) in [7, 11) is 1.62. The summed E-state index contributed by atoms with van der Waals surface area (Å²) in [6, 6.07) is 7.56. The summed E-state index contributed by atoms with van der Waals surface area (Å²) in [6.07, 6.45) is 2.21. The third-order valence-electron chi connectivity index (χ3n) is 4.54. The molecule has 134 valence electrons. The number of rotatable bonds is 5. The van der Waals surface area contributed by atoms with Crippen molar-refractivity contribution in [3.8, 4) is 0 Å². The lowest BCUT2D eigenvalue weighted by Gasteiger charge is -2.21. The minimum absolute atomic E-state index is 0.0925. The van der Waals surface area contributed by atoms with Gasteiger partial charge in [0.15, 0.2) is 0 Å². The fourth-order valence-corrected chi connectivity index (χ4v) is 3.06. The Hall–Kier alpha value is -2.25. The van der Waals surface area contributed by atoms with E-state index in [0.29, 0.717) is 30.8 Å². The minimum atomic E-state index is -1.15. The van der Waals surface area contributed by atoms with Crippen molar-refractivity contribution in [1.29, 1.82) is 0 Å². The fourth-order valence-electron chi connectivity index (χ4n) is 3.06. The van der Waals surface area contributed by atoms with Gasteiger partial charge in [-0.1, -0.05) is 17.3 Å². The zero-order chi connectivity index (χ0) is 18.0. The van der Waals surface area contributed by atoms with E-state index in [9.17, 15) is 9.90 Å². The van der Waals surface area contributed by atoms with Gasteiger partial charge in [-0.25, -0.2) is 4.68 Å². The number of amides is 1. The van der Waals surface area contributed by atoms with Gasteiger partial charge in [0.05, 0.1) is 19.3 Å². The number of likely N-dealkylation sites (tertiary alicyclic amines) is 1. The lowest BCUT2D eigenvalue weighted by molar-refractivity contribution is 0.0381. The summed E-state index contributed by atoms with van der Waals surface area (Å²) >= 11 is 0. The van der Waals surface area contributed by atoms with Gasteiger partial charge < -0.3 is 14.7 Å². The molecule has 1 aliphatic heterocycles. The van der Waals surface area contributed by atoms with Gasteiger partial charge in [0.25, 0.3) is 5.91 Å². The van der Waals surface area contributed by atoms with Crippen molar-refractivity contribution in [2.45, 2.75) is 38.5 Å². The van der Waals surface area contributed by atoms with Crippen LogP contribution in [-0.4, -0.2) is 51.1 Å². The molecule has 0 saturated carbocycles. The molecule has 0 radical (unpaired) electrons. The molecule has 1 atom stereocenters. The maximum atomic E-state index is 12.8. The molecule has 25 heavy (non-hydrogen) atoms. The summed E-state index contributed by atoms with van der Waals surface area (Å²) < 4.78 is 6.83. The zero-order valence-electron chi connectivity index (χ0n) is 14.8. The second kappa shape index (κ2) is 6.93. The molecule has 2 heterocycles. The quantitative estimate of drug-likeness (QED) is 0.894. The van der Waals surface area contributed by atoms with Gasteiger partial charge in [-0.2, -0.15) is 0 Å². The van der Waals surface area contributed by atoms with Crippen molar-refractivity contribution in [1.82, 2.24) is 19.9 Å². The van der Waals surface area contributed by atoms with E-state index < -0.39 is 5.60 Å². The highest BCUT2D eigenvalue weighted by molar-refractivity contribution is 5.94. The van der Waals surface area contributed by atoms with Crippen LogP contribution in [0.5, 0.6) is 0 Å². The van der Waals surface area contributed by atoms with Gasteiger partial charge in [0.1, 0.15) is 11.3 Å². The Labute approximate surface area is 147 Å². The number of aliphatic hydroxyl groups is 1. The van der Waals surface area contributed by atoms with Crippen LogP contribution in [0.1, 0.15) is 47.9 Å². The summed E-state index contributed by atoms with van der Waals surface area (Å²) in [5.74, 6) is -0.0925. The Morgan fingerprint density at radius 3 is 2.92 bits per heavy atom. The van der Waals surface area contributed by atoms with Crippen LogP contribution in [0.2, 0.25) is 0 Å². The molecular formula is C18H24N4O3. The minimum Gasteiger partial charge on any atom is -0.381 e. The van der Waals surface area contributed by atoms with Crippen LogP contribution in [0.3, 0.4) is 0 Å².